The first-order valence-corrected chi connectivity index (χ1v) is 6.04. The molecule has 2 N–H and O–H groups in total. The highest BCUT2D eigenvalue weighted by molar-refractivity contribution is 5.45. The zero-order valence-corrected chi connectivity index (χ0v) is 10.1. The summed E-state index contributed by atoms with van der Waals surface area (Å²) >= 11 is 0. The van der Waals surface area contributed by atoms with Crippen LogP contribution in [0.3, 0.4) is 0 Å². The number of benzene rings is 1. The first kappa shape index (κ1) is 12.2. The minimum absolute atomic E-state index is 0.218. The van der Waals surface area contributed by atoms with Gasteiger partial charge in [-0.1, -0.05) is 12.1 Å². The van der Waals surface area contributed by atoms with Crippen molar-refractivity contribution >= 4 is 0 Å². The van der Waals surface area contributed by atoms with Crippen molar-refractivity contribution < 1.29 is 14.9 Å². The third-order valence-electron chi connectivity index (χ3n) is 3.02. The summed E-state index contributed by atoms with van der Waals surface area (Å²) in [5.41, 5.74) is 0.852. The minimum Gasteiger partial charge on any atom is -0.504 e. The van der Waals surface area contributed by atoms with Crippen LogP contribution in [0.15, 0.2) is 18.2 Å². The minimum atomic E-state index is -0.229. The second kappa shape index (κ2) is 5.38. The number of likely N-dealkylation sites (tertiary alicyclic amines) is 1. The largest absolute Gasteiger partial charge is 0.504 e. The number of aromatic hydroxyl groups is 1. The van der Waals surface area contributed by atoms with Crippen LogP contribution in [0.4, 0.5) is 0 Å². The van der Waals surface area contributed by atoms with Crippen molar-refractivity contribution in [3.8, 4) is 11.5 Å². The highest BCUT2D eigenvalue weighted by atomic mass is 16.5. The lowest BCUT2D eigenvalue weighted by Gasteiger charge is -2.17. The maximum Gasteiger partial charge on any atom is 0.162 e. The molecule has 1 aromatic rings. The van der Waals surface area contributed by atoms with E-state index in [1.54, 1.807) is 6.07 Å². The number of para-hydroxylation sites is 1. The summed E-state index contributed by atoms with van der Waals surface area (Å²) in [6.07, 6.45) is 0.582. The fourth-order valence-electron chi connectivity index (χ4n) is 2.16. The molecule has 94 valence electrons. The van der Waals surface area contributed by atoms with Gasteiger partial charge in [-0.25, -0.2) is 0 Å². The van der Waals surface area contributed by atoms with Crippen LogP contribution >= 0.6 is 0 Å². The van der Waals surface area contributed by atoms with E-state index < -0.39 is 0 Å². The van der Waals surface area contributed by atoms with Crippen molar-refractivity contribution in [3.05, 3.63) is 23.8 Å². The summed E-state index contributed by atoms with van der Waals surface area (Å²) in [6, 6.07) is 5.54. The molecule has 0 bridgehead atoms. The van der Waals surface area contributed by atoms with E-state index in [-0.39, 0.29) is 11.9 Å². The van der Waals surface area contributed by atoms with E-state index in [0.717, 1.165) is 18.5 Å². The number of phenols is 1. The highest BCUT2D eigenvalue weighted by Gasteiger charge is 2.21. The average Bonchev–Trinajstić information content (AvgIpc) is 2.70. The van der Waals surface area contributed by atoms with Gasteiger partial charge in [0.2, 0.25) is 0 Å². The van der Waals surface area contributed by atoms with Crippen LogP contribution in [-0.4, -0.2) is 40.9 Å². The van der Waals surface area contributed by atoms with E-state index in [1.807, 2.05) is 19.1 Å². The number of phenolic OH excluding ortho intramolecular Hbond substituents is 1. The van der Waals surface area contributed by atoms with E-state index in [0.29, 0.717) is 25.4 Å². The number of aliphatic hydroxyl groups is 1. The van der Waals surface area contributed by atoms with Gasteiger partial charge < -0.3 is 14.9 Å². The molecule has 1 fully saturated rings. The molecule has 1 aromatic carbocycles. The van der Waals surface area contributed by atoms with Crippen LogP contribution in [0.2, 0.25) is 0 Å². The van der Waals surface area contributed by atoms with Crippen LogP contribution < -0.4 is 4.74 Å². The molecular weight excluding hydrogens is 218 g/mol. The molecule has 2 rings (SSSR count). The average molecular weight is 237 g/mol. The van der Waals surface area contributed by atoms with E-state index in [4.69, 9.17) is 4.74 Å². The predicted molar refractivity (Wildman–Crippen MR) is 65.2 cm³/mol. The van der Waals surface area contributed by atoms with Gasteiger partial charge in [0, 0.05) is 25.2 Å². The number of aliphatic hydroxyl groups excluding tert-OH is 1. The number of hydrogen-bond acceptors (Lipinski definition) is 4. The Morgan fingerprint density at radius 1 is 1.47 bits per heavy atom. The van der Waals surface area contributed by atoms with Gasteiger partial charge in [-0.05, 0) is 19.4 Å². The molecule has 0 radical (unpaired) electrons. The van der Waals surface area contributed by atoms with Gasteiger partial charge in [-0.15, -0.1) is 0 Å². The van der Waals surface area contributed by atoms with Gasteiger partial charge in [0.15, 0.2) is 11.5 Å². The first-order valence-electron chi connectivity index (χ1n) is 6.04. The van der Waals surface area contributed by atoms with Crippen molar-refractivity contribution in [1.82, 2.24) is 4.90 Å². The number of β-amino-alcohol motifs (C(OH)–C–C–N with tert-alkyl or cyclic N) is 1. The molecule has 1 heterocycles. The zero-order chi connectivity index (χ0) is 12.3. The normalized spacial score (nSPS) is 20.7. The Balaban J connectivity index is 2.07. The Bertz CT molecular complexity index is 381. The monoisotopic (exact) mass is 237 g/mol. The van der Waals surface area contributed by atoms with Crippen molar-refractivity contribution in [2.75, 3.05) is 19.7 Å². The highest BCUT2D eigenvalue weighted by Crippen LogP contribution is 2.31. The quantitative estimate of drug-likeness (QED) is 0.830. The lowest BCUT2D eigenvalue weighted by atomic mass is 10.1. The third-order valence-corrected chi connectivity index (χ3v) is 3.02. The van der Waals surface area contributed by atoms with Crippen molar-refractivity contribution in [3.63, 3.8) is 0 Å². The zero-order valence-electron chi connectivity index (χ0n) is 10.1. The van der Waals surface area contributed by atoms with Gasteiger partial charge in [0.05, 0.1) is 12.7 Å². The van der Waals surface area contributed by atoms with Gasteiger partial charge in [-0.2, -0.15) is 0 Å². The number of hydrogen-bond donors (Lipinski definition) is 2. The number of ether oxygens (including phenoxy) is 1. The summed E-state index contributed by atoms with van der Waals surface area (Å²) < 4.78 is 5.34. The standard InChI is InChI=1S/C13H19NO3/c1-2-17-12-5-3-4-10(13(12)16)8-14-7-6-11(15)9-14/h3-5,11,15-16H,2,6-9H2,1H3/t11-/m0/s1. The molecule has 0 amide bonds. The molecule has 1 atom stereocenters. The molecule has 0 spiro atoms. The van der Waals surface area contributed by atoms with Crippen LogP contribution in [-0.2, 0) is 6.54 Å². The smallest absolute Gasteiger partial charge is 0.162 e. The molecule has 0 aromatic heterocycles. The van der Waals surface area contributed by atoms with Crippen molar-refractivity contribution in [2.45, 2.75) is 26.0 Å². The Morgan fingerprint density at radius 3 is 2.94 bits per heavy atom. The summed E-state index contributed by atoms with van der Waals surface area (Å²) in [6.45, 7) is 4.64. The van der Waals surface area contributed by atoms with E-state index >= 15 is 0 Å². The molecule has 1 saturated heterocycles. The first-order chi connectivity index (χ1) is 8.20. The number of rotatable bonds is 4. The predicted octanol–water partition coefficient (Wildman–Crippen LogP) is 1.36. The van der Waals surface area contributed by atoms with Crippen LogP contribution in [0, 0.1) is 0 Å². The Morgan fingerprint density at radius 2 is 2.29 bits per heavy atom. The summed E-state index contributed by atoms with van der Waals surface area (Å²) in [7, 11) is 0. The summed E-state index contributed by atoms with van der Waals surface area (Å²) in [4.78, 5) is 2.13. The maximum atomic E-state index is 10.0. The fourth-order valence-corrected chi connectivity index (χ4v) is 2.16. The van der Waals surface area contributed by atoms with Crippen LogP contribution in [0.1, 0.15) is 18.9 Å². The molecular formula is C13H19NO3. The van der Waals surface area contributed by atoms with Crippen molar-refractivity contribution in [1.29, 1.82) is 0 Å². The molecule has 0 unspecified atom stereocenters. The lowest BCUT2D eigenvalue weighted by Crippen LogP contribution is -2.21. The topological polar surface area (TPSA) is 52.9 Å². The van der Waals surface area contributed by atoms with E-state index in [2.05, 4.69) is 4.90 Å². The second-order valence-electron chi connectivity index (χ2n) is 4.37. The Hall–Kier alpha value is -1.26. The molecule has 1 aliphatic rings. The molecule has 1 aliphatic heterocycles. The summed E-state index contributed by atoms with van der Waals surface area (Å²) in [5.74, 6) is 0.750. The van der Waals surface area contributed by atoms with Gasteiger partial charge in [0.1, 0.15) is 0 Å². The Labute approximate surface area is 101 Å². The number of nitrogens with zero attached hydrogens (tertiary/aromatic N) is 1. The lowest BCUT2D eigenvalue weighted by molar-refractivity contribution is 0.174. The van der Waals surface area contributed by atoms with Gasteiger partial charge >= 0.3 is 0 Å². The van der Waals surface area contributed by atoms with Crippen LogP contribution in [0.5, 0.6) is 11.5 Å². The van der Waals surface area contributed by atoms with Gasteiger partial charge in [0.25, 0.3) is 0 Å². The SMILES string of the molecule is CCOc1cccc(CN2CC[C@H](O)C2)c1O. The van der Waals surface area contributed by atoms with Gasteiger partial charge in [-0.3, -0.25) is 4.90 Å². The third kappa shape index (κ3) is 2.90. The molecule has 4 heteroatoms. The van der Waals surface area contributed by atoms with Crippen LogP contribution in [0.25, 0.3) is 0 Å². The fraction of sp³-hybridized carbons (Fsp3) is 0.538. The Kier molecular flexibility index (Phi) is 3.86. The maximum absolute atomic E-state index is 10.0. The van der Waals surface area contributed by atoms with Crippen molar-refractivity contribution in [2.24, 2.45) is 0 Å². The second-order valence-corrected chi connectivity index (χ2v) is 4.37. The molecule has 0 aliphatic carbocycles. The molecule has 17 heavy (non-hydrogen) atoms. The molecule has 0 saturated carbocycles. The molecule has 4 nitrogen and oxygen atoms in total. The van der Waals surface area contributed by atoms with E-state index in [9.17, 15) is 10.2 Å². The van der Waals surface area contributed by atoms with E-state index in [1.165, 1.54) is 0 Å². The summed E-state index contributed by atoms with van der Waals surface area (Å²) in [5, 5.41) is 19.5.